The van der Waals surface area contributed by atoms with Gasteiger partial charge in [0.2, 0.25) is 0 Å². The molecule has 5 nitrogen and oxygen atoms in total. The third kappa shape index (κ3) is 4.62. The number of anilines is 1. The van der Waals surface area contributed by atoms with Gasteiger partial charge in [-0.15, -0.1) is 0 Å². The summed E-state index contributed by atoms with van der Waals surface area (Å²) >= 11 is 6.78. The van der Waals surface area contributed by atoms with Crippen molar-refractivity contribution in [2.45, 2.75) is 13.5 Å². The number of aryl methyl sites for hydroxylation is 1. The molecule has 0 unspecified atom stereocenters. The highest BCUT2D eigenvalue weighted by Gasteiger charge is 2.33. The molecule has 3 aromatic rings. The predicted molar refractivity (Wildman–Crippen MR) is 128 cm³/mol. The molecule has 7 heteroatoms. The molecule has 0 radical (unpaired) electrons. The normalized spacial score (nSPS) is 14.9. The lowest BCUT2D eigenvalue weighted by molar-refractivity contribution is -0.113. The molecule has 0 aliphatic carbocycles. The molecule has 31 heavy (non-hydrogen) atoms. The van der Waals surface area contributed by atoms with Crippen molar-refractivity contribution in [1.82, 2.24) is 4.98 Å². The van der Waals surface area contributed by atoms with E-state index < -0.39 is 0 Å². The maximum Gasteiger partial charge on any atom is 0.270 e. The first kappa shape index (κ1) is 21.1. The zero-order chi connectivity index (χ0) is 21.8. The van der Waals surface area contributed by atoms with E-state index in [0.29, 0.717) is 27.3 Å². The Kier molecular flexibility index (Phi) is 6.34. The average Bonchev–Trinajstić information content (AvgIpc) is 3.06. The molecule has 0 spiro atoms. The van der Waals surface area contributed by atoms with Gasteiger partial charge in [-0.1, -0.05) is 48.2 Å². The number of nitrogens with zero attached hydrogens (tertiary/aromatic N) is 2. The van der Waals surface area contributed by atoms with Gasteiger partial charge in [-0.3, -0.25) is 14.7 Å². The molecule has 1 amide bonds. The number of hydrogen-bond acceptors (Lipinski definition) is 6. The number of aromatic nitrogens is 1. The number of pyridine rings is 1. The van der Waals surface area contributed by atoms with Gasteiger partial charge in [0.1, 0.15) is 6.61 Å². The second-order valence-electron chi connectivity index (χ2n) is 6.86. The number of thiocarbonyl (C=S) groups is 1. The second kappa shape index (κ2) is 9.32. The second-order valence-corrected chi connectivity index (χ2v) is 8.53. The van der Waals surface area contributed by atoms with Crippen molar-refractivity contribution in [2.75, 3.05) is 12.0 Å². The number of ether oxygens (including phenoxy) is 2. The Morgan fingerprint density at radius 1 is 1.10 bits per heavy atom. The molecule has 2 aromatic carbocycles. The fourth-order valence-electron chi connectivity index (χ4n) is 3.17. The van der Waals surface area contributed by atoms with Gasteiger partial charge in [0.05, 0.1) is 17.7 Å². The summed E-state index contributed by atoms with van der Waals surface area (Å²) in [6.07, 6.45) is 5.28. The summed E-state index contributed by atoms with van der Waals surface area (Å²) in [5, 5.41) is 0. The lowest BCUT2D eigenvalue weighted by atomic mass is 10.1. The lowest BCUT2D eigenvalue weighted by Gasteiger charge is -2.16. The van der Waals surface area contributed by atoms with Crippen molar-refractivity contribution in [1.29, 1.82) is 0 Å². The van der Waals surface area contributed by atoms with Gasteiger partial charge in [0.25, 0.3) is 5.91 Å². The molecule has 1 fully saturated rings. The largest absolute Gasteiger partial charge is 0.493 e. The van der Waals surface area contributed by atoms with Crippen LogP contribution in [0.1, 0.15) is 16.7 Å². The number of para-hydroxylation sites is 1. The van der Waals surface area contributed by atoms with E-state index >= 15 is 0 Å². The van der Waals surface area contributed by atoms with Crippen LogP contribution in [0.4, 0.5) is 5.69 Å². The molecule has 1 aliphatic rings. The zero-order valence-corrected chi connectivity index (χ0v) is 18.7. The summed E-state index contributed by atoms with van der Waals surface area (Å²) in [4.78, 5) is 19.2. The Morgan fingerprint density at radius 3 is 2.61 bits per heavy atom. The first-order chi connectivity index (χ1) is 15.1. The molecule has 1 aliphatic heterocycles. The van der Waals surface area contributed by atoms with Crippen molar-refractivity contribution >= 4 is 46.0 Å². The van der Waals surface area contributed by atoms with Gasteiger partial charge < -0.3 is 9.47 Å². The van der Waals surface area contributed by atoms with Crippen LogP contribution in [0.5, 0.6) is 11.5 Å². The van der Waals surface area contributed by atoms with E-state index in [0.717, 1.165) is 22.4 Å². The van der Waals surface area contributed by atoms with Crippen molar-refractivity contribution in [3.8, 4) is 11.5 Å². The quantitative estimate of drug-likeness (QED) is 0.373. The highest BCUT2D eigenvalue weighted by molar-refractivity contribution is 8.27. The molecule has 156 valence electrons. The average molecular weight is 449 g/mol. The molecule has 1 aromatic heterocycles. The summed E-state index contributed by atoms with van der Waals surface area (Å²) in [5.41, 5.74) is 3.66. The van der Waals surface area contributed by atoms with E-state index in [9.17, 15) is 4.79 Å². The zero-order valence-electron chi connectivity index (χ0n) is 17.1. The van der Waals surface area contributed by atoms with Crippen LogP contribution in [-0.4, -0.2) is 22.3 Å². The molecule has 0 N–H and O–H groups in total. The van der Waals surface area contributed by atoms with E-state index in [1.165, 1.54) is 11.8 Å². The number of carbonyl (C=O) groups is 1. The van der Waals surface area contributed by atoms with E-state index in [1.54, 1.807) is 24.4 Å². The van der Waals surface area contributed by atoms with Gasteiger partial charge in [-0.2, -0.15) is 0 Å². The van der Waals surface area contributed by atoms with Crippen LogP contribution in [0.25, 0.3) is 6.08 Å². The molecular weight excluding hydrogens is 428 g/mol. The molecule has 4 rings (SSSR count). The number of carbonyl (C=O) groups excluding carboxylic acids is 1. The van der Waals surface area contributed by atoms with Crippen LogP contribution < -0.4 is 14.4 Å². The van der Waals surface area contributed by atoms with Gasteiger partial charge in [-0.25, -0.2) is 0 Å². The summed E-state index contributed by atoms with van der Waals surface area (Å²) in [7, 11) is 1.59. The van der Waals surface area contributed by atoms with Crippen LogP contribution in [0, 0.1) is 6.92 Å². The van der Waals surface area contributed by atoms with Crippen molar-refractivity contribution < 1.29 is 14.3 Å². The van der Waals surface area contributed by atoms with Gasteiger partial charge >= 0.3 is 0 Å². The van der Waals surface area contributed by atoms with Crippen molar-refractivity contribution in [3.63, 3.8) is 0 Å². The minimum atomic E-state index is -0.124. The Bertz CT molecular complexity index is 1160. The number of amides is 1. The molecule has 1 saturated heterocycles. The van der Waals surface area contributed by atoms with Crippen molar-refractivity contribution in [2.24, 2.45) is 0 Å². The Hall–Kier alpha value is -3.16. The van der Waals surface area contributed by atoms with Gasteiger partial charge in [0, 0.05) is 12.4 Å². The maximum absolute atomic E-state index is 13.0. The smallest absolute Gasteiger partial charge is 0.270 e. The standard InChI is InChI=1S/C24H20N2O3S2/c1-16-5-3-4-6-19(16)26-23(27)22(31-24(26)30)14-18-7-8-20(21(13-18)28-2)29-15-17-9-11-25-12-10-17/h3-14H,15H2,1-2H3/b22-14+. The van der Waals surface area contributed by atoms with Crippen LogP contribution in [0.2, 0.25) is 0 Å². The highest BCUT2D eigenvalue weighted by atomic mass is 32.2. The number of methoxy groups -OCH3 is 1. The van der Waals surface area contributed by atoms with Crippen LogP contribution in [0.15, 0.2) is 71.9 Å². The minimum absolute atomic E-state index is 0.124. The van der Waals surface area contributed by atoms with Crippen LogP contribution in [0.3, 0.4) is 0 Å². The topological polar surface area (TPSA) is 51.7 Å². The SMILES string of the molecule is COc1cc(/C=C2/SC(=S)N(c3ccccc3C)C2=O)ccc1OCc1ccncc1. The molecule has 0 saturated carbocycles. The number of rotatable bonds is 6. The first-order valence-corrected chi connectivity index (χ1v) is 10.8. The maximum atomic E-state index is 13.0. The first-order valence-electron chi connectivity index (χ1n) is 9.60. The van der Waals surface area contributed by atoms with Gasteiger partial charge in [-0.05, 0) is 60.0 Å². The summed E-state index contributed by atoms with van der Waals surface area (Å²) in [6, 6.07) is 17.1. The third-order valence-corrected chi connectivity index (χ3v) is 6.08. The Balaban J connectivity index is 1.55. The Morgan fingerprint density at radius 2 is 1.87 bits per heavy atom. The summed E-state index contributed by atoms with van der Waals surface area (Å²) in [6.45, 7) is 2.38. The molecule has 0 atom stereocenters. The monoisotopic (exact) mass is 448 g/mol. The summed E-state index contributed by atoms with van der Waals surface area (Å²) < 4.78 is 11.9. The van der Waals surface area contributed by atoms with E-state index in [4.69, 9.17) is 21.7 Å². The number of hydrogen-bond donors (Lipinski definition) is 0. The third-order valence-electron chi connectivity index (χ3n) is 4.78. The number of benzene rings is 2. The predicted octanol–water partition coefficient (Wildman–Crippen LogP) is 5.38. The summed E-state index contributed by atoms with van der Waals surface area (Å²) in [5.74, 6) is 1.10. The molecule has 2 heterocycles. The fraction of sp³-hybridized carbons (Fsp3) is 0.125. The van der Waals surface area contributed by atoms with E-state index in [-0.39, 0.29) is 5.91 Å². The van der Waals surface area contributed by atoms with Crippen LogP contribution >= 0.6 is 24.0 Å². The van der Waals surface area contributed by atoms with Gasteiger partial charge in [0.15, 0.2) is 15.8 Å². The molecule has 0 bridgehead atoms. The van der Waals surface area contributed by atoms with Crippen molar-refractivity contribution in [3.05, 3.63) is 88.6 Å². The van der Waals surface area contributed by atoms with E-state index in [1.807, 2.05) is 67.6 Å². The van der Waals surface area contributed by atoms with Crippen LogP contribution in [-0.2, 0) is 11.4 Å². The lowest BCUT2D eigenvalue weighted by Crippen LogP contribution is -2.28. The molecular formula is C24H20N2O3S2. The Labute approximate surface area is 190 Å². The number of thioether (sulfide) groups is 1. The minimum Gasteiger partial charge on any atom is -0.493 e. The fourth-order valence-corrected chi connectivity index (χ4v) is 4.46. The highest BCUT2D eigenvalue weighted by Crippen LogP contribution is 2.38. The van der Waals surface area contributed by atoms with E-state index in [2.05, 4.69) is 4.98 Å².